The van der Waals surface area contributed by atoms with Gasteiger partial charge in [-0.2, -0.15) is 0 Å². The zero-order valence-corrected chi connectivity index (χ0v) is 16.7. The van der Waals surface area contributed by atoms with E-state index in [0.717, 1.165) is 22.0 Å². The average Bonchev–Trinajstić information content (AvgIpc) is 3.49. The molecule has 0 spiro atoms. The topological polar surface area (TPSA) is 70.2 Å². The standard InChI is InChI=1S/C20H17N3O3S2/c1-25-15-6-2-5-14(11-15)19-21-22-20(23(19)12-16-7-3-9-26-16)28-13-17(24)18-8-4-10-27-18/h2-11H,12-13H2,1H3. The molecule has 0 saturated carbocycles. The second-order valence-electron chi connectivity index (χ2n) is 5.89. The fraction of sp³-hybridized carbons (Fsp3) is 0.150. The summed E-state index contributed by atoms with van der Waals surface area (Å²) in [5.41, 5.74) is 0.884. The molecule has 0 aliphatic heterocycles. The fourth-order valence-electron chi connectivity index (χ4n) is 2.71. The third kappa shape index (κ3) is 4.02. The molecule has 1 aromatic carbocycles. The number of carbonyl (C=O) groups is 1. The molecule has 0 aliphatic rings. The van der Waals surface area contributed by atoms with Gasteiger partial charge in [-0.25, -0.2) is 0 Å². The Morgan fingerprint density at radius 2 is 2.14 bits per heavy atom. The van der Waals surface area contributed by atoms with E-state index in [4.69, 9.17) is 9.15 Å². The number of thiophene rings is 1. The first-order valence-corrected chi connectivity index (χ1v) is 10.4. The normalized spacial score (nSPS) is 10.9. The summed E-state index contributed by atoms with van der Waals surface area (Å²) in [6, 6.07) is 15.1. The molecule has 4 aromatic rings. The summed E-state index contributed by atoms with van der Waals surface area (Å²) >= 11 is 2.82. The van der Waals surface area contributed by atoms with Crippen molar-refractivity contribution in [2.45, 2.75) is 11.7 Å². The quantitative estimate of drug-likeness (QED) is 0.311. The predicted octanol–water partition coefficient (Wildman–Crippen LogP) is 4.63. The Morgan fingerprint density at radius 1 is 1.21 bits per heavy atom. The Labute approximate surface area is 170 Å². The maximum atomic E-state index is 12.4. The van der Waals surface area contributed by atoms with Crippen LogP contribution < -0.4 is 4.74 Å². The second-order valence-corrected chi connectivity index (χ2v) is 7.78. The molecule has 0 bridgehead atoms. The maximum Gasteiger partial charge on any atom is 0.192 e. The summed E-state index contributed by atoms with van der Waals surface area (Å²) in [6.45, 7) is 0.474. The fourth-order valence-corrected chi connectivity index (χ4v) is 4.29. The van der Waals surface area contributed by atoms with Gasteiger partial charge in [-0.3, -0.25) is 9.36 Å². The van der Waals surface area contributed by atoms with E-state index in [0.29, 0.717) is 23.3 Å². The van der Waals surface area contributed by atoms with Crippen LogP contribution in [0.15, 0.2) is 69.7 Å². The average molecular weight is 412 g/mol. The molecule has 0 fully saturated rings. The van der Waals surface area contributed by atoms with Crippen LogP contribution in [0.1, 0.15) is 15.4 Å². The third-order valence-electron chi connectivity index (χ3n) is 4.07. The van der Waals surface area contributed by atoms with Crippen LogP contribution in [0.4, 0.5) is 0 Å². The van der Waals surface area contributed by atoms with Crippen LogP contribution >= 0.6 is 23.1 Å². The Hall–Kier alpha value is -2.84. The molecular formula is C20H17N3O3S2. The predicted molar refractivity (Wildman–Crippen MR) is 109 cm³/mol. The lowest BCUT2D eigenvalue weighted by atomic mass is 10.2. The number of carbonyl (C=O) groups excluding carboxylic acids is 1. The summed E-state index contributed by atoms with van der Waals surface area (Å²) < 4.78 is 12.8. The van der Waals surface area contributed by atoms with Gasteiger partial charge in [0.2, 0.25) is 0 Å². The highest BCUT2D eigenvalue weighted by Crippen LogP contribution is 2.28. The molecule has 4 rings (SSSR count). The van der Waals surface area contributed by atoms with Crippen LogP contribution in [0.25, 0.3) is 11.4 Å². The van der Waals surface area contributed by atoms with Crippen molar-refractivity contribution in [1.29, 1.82) is 0 Å². The lowest BCUT2D eigenvalue weighted by Crippen LogP contribution is -2.06. The van der Waals surface area contributed by atoms with Gasteiger partial charge in [0.1, 0.15) is 11.5 Å². The second kappa shape index (κ2) is 8.45. The van der Waals surface area contributed by atoms with Gasteiger partial charge in [0.05, 0.1) is 30.5 Å². The molecule has 6 nitrogen and oxygen atoms in total. The zero-order chi connectivity index (χ0) is 19.3. The molecule has 0 unspecified atom stereocenters. The molecule has 3 heterocycles. The number of Topliss-reactive ketones (excluding diaryl/α,β-unsaturated/α-hetero) is 1. The Balaban J connectivity index is 1.63. The Bertz CT molecular complexity index is 1060. The monoisotopic (exact) mass is 411 g/mol. The van der Waals surface area contributed by atoms with Crippen molar-refractivity contribution >= 4 is 28.9 Å². The van der Waals surface area contributed by atoms with Crippen molar-refractivity contribution in [3.63, 3.8) is 0 Å². The van der Waals surface area contributed by atoms with Gasteiger partial charge in [-0.05, 0) is 35.7 Å². The van der Waals surface area contributed by atoms with E-state index in [1.807, 2.05) is 58.5 Å². The lowest BCUT2D eigenvalue weighted by molar-refractivity contribution is 0.102. The number of hydrogen-bond acceptors (Lipinski definition) is 7. The highest BCUT2D eigenvalue weighted by molar-refractivity contribution is 7.99. The molecule has 0 amide bonds. The number of rotatable bonds is 8. The van der Waals surface area contributed by atoms with Crippen LogP contribution in [-0.4, -0.2) is 33.4 Å². The SMILES string of the molecule is COc1cccc(-c2nnc(SCC(=O)c3cccs3)n2Cc2ccco2)c1. The first-order valence-electron chi connectivity index (χ1n) is 8.54. The maximum absolute atomic E-state index is 12.4. The van der Waals surface area contributed by atoms with Crippen molar-refractivity contribution in [3.8, 4) is 17.1 Å². The van der Waals surface area contributed by atoms with Crippen LogP contribution in [0, 0.1) is 0 Å². The minimum atomic E-state index is 0.0791. The number of methoxy groups -OCH3 is 1. The van der Waals surface area contributed by atoms with Gasteiger partial charge in [0.25, 0.3) is 0 Å². The van der Waals surface area contributed by atoms with Crippen molar-refractivity contribution < 1.29 is 13.9 Å². The number of thioether (sulfide) groups is 1. The minimum Gasteiger partial charge on any atom is -0.497 e. The summed E-state index contributed by atoms with van der Waals surface area (Å²) in [5.74, 6) is 2.61. The van der Waals surface area contributed by atoms with E-state index in [2.05, 4.69) is 10.2 Å². The summed E-state index contributed by atoms with van der Waals surface area (Å²) in [4.78, 5) is 13.1. The van der Waals surface area contributed by atoms with Gasteiger partial charge in [-0.1, -0.05) is 30.0 Å². The lowest BCUT2D eigenvalue weighted by Gasteiger charge is -2.09. The van der Waals surface area contributed by atoms with E-state index >= 15 is 0 Å². The van der Waals surface area contributed by atoms with E-state index in [1.165, 1.54) is 23.1 Å². The van der Waals surface area contributed by atoms with Crippen LogP contribution in [0.3, 0.4) is 0 Å². The summed E-state index contributed by atoms with van der Waals surface area (Å²) in [5, 5.41) is 11.3. The van der Waals surface area contributed by atoms with Gasteiger partial charge in [0.15, 0.2) is 16.8 Å². The highest BCUT2D eigenvalue weighted by atomic mass is 32.2. The first-order chi connectivity index (χ1) is 13.7. The van der Waals surface area contributed by atoms with E-state index in [1.54, 1.807) is 13.4 Å². The summed E-state index contributed by atoms with van der Waals surface area (Å²) in [6.07, 6.45) is 1.64. The number of furan rings is 1. The molecule has 0 radical (unpaired) electrons. The summed E-state index contributed by atoms with van der Waals surface area (Å²) in [7, 11) is 1.63. The molecule has 142 valence electrons. The number of nitrogens with zero attached hydrogens (tertiary/aromatic N) is 3. The molecule has 3 aromatic heterocycles. The van der Waals surface area contributed by atoms with Crippen molar-refractivity contribution in [2.24, 2.45) is 0 Å². The molecule has 8 heteroatoms. The molecule has 0 atom stereocenters. The number of benzene rings is 1. The van der Waals surface area contributed by atoms with Crippen molar-refractivity contribution in [2.75, 3.05) is 12.9 Å². The first kappa shape index (κ1) is 18.5. The van der Waals surface area contributed by atoms with E-state index < -0.39 is 0 Å². The van der Waals surface area contributed by atoms with Gasteiger partial charge < -0.3 is 9.15 Å². The zero-order valence-electron chi connectivity index (χ0n) is 15.1. The smallest absolute Gasteiger partial charge is 0.192 e. The third-order valence-corrected chi connectivity index (χ3v) is 5.94. The number of aromatic nitrogens is 3. The number of hydrogen-bond donors (Lipinski definition) is 0. The Kier molecular flexibility index (Phi) is 5.59. The highest BCUT2D eigenvalue weighted by Gasteiger charge is 2.18. The van der Waals surface area contributed by atoms with Crippen LogP contribution in [0.5, 0.6) is 5.75 Å². The largest absolute Gasteiger partial charge is 0.497 e. The van der Waals surface area contributed by atoms with Crippen LogP contribution in [-0.2, 0) is 6.54 Å². The molecule has 28 heavy (non-hydrogen) atoms. The number of ether oxygens (including phenoxy) is 1. The van der Waals surface area contributed by atoms with Crippen molar-refractivity contribution in [3.05, 3.63) is 70.8 Å². The van der Waals surface area contributed by atoms with Crippen molar-refractivity contribution in [1.82, 2.24) is 14.8 Å². The van der Waals surface area contributed by atoms with Gasteiger partial charge in [-0.15, -0.1) is 21.5 Å². The van der Waals surface area contributed by atoms with Crippen LogP contribution in [0.2, 0.25) is 0 Å². The molecule has 0 aliphatic carbocycles. The van der Waals surface area contributed by atoms with E-state index in [9.17, 15) is 4.79 Å². The Morgan fingerprint density at radius 3 is 2.89 bits per heavy atom. The molecule has 0 N–H and O–H groups in total. The minimum absolute atomic E-state index is 0.0791. The van der Waals surface area contributed by atoms with E-state index in [-0.39, 0.29) is 5.78 Å². The molecular weight excluding hydrogens is 394 g/mol. The molecule has 0 saturated heterocycles. The van der Waals surface area contributed by atoms with Gasteiger partial charge in [0, 0.05) is 5.56 Å². The number of ketones is 1. The van der Waals surface area contributed by atoms with Gasteiger partial charge >= 0.3 is 0 Å².